The maximum atomic E-state index is 13.7. The maximum Gasteiger partial charge on any atom is 0.118 e. The van der Waals surface area contributed by atoms with Crippen molar-refractivity contribution in [3.8, 4) is 0 Å². The molecule has 0 fully saturated rings. The number of halogens is 1. The first-order valence-corrected chi connectivity index (χ1v) is 5.16. The van der Waals surface area contributed by atoms with E-state index in [0.29, 0.717) is 6.54 Å². The molecule has 80 valence electrons. The molecule has 0 radical (unpaired) electrons. The van der Waals surface area contributed by atoms with Gasteiger partial charge in [0.25, 0.3) is 0 Å². The molecule has 1 aliphatic rings. The van der Waals surface area contributed by atoms with Gasteiger partial charge in [0.15, 0.2) is 0 Å². The number of aryl methyl sites for hydroxylation is 1. The van der Waals surface area contributed by atoms with E-state index in [-0.39, 0.29) is 5.83 Å². The van der Waals surface area contributed by atoms with Gasteiger partial charge < -0.3 is 0 Å². The molecule has 0 aliphatic carbocycles. The zero-order valence-corrected chi connectivity index (χ0v) is 9.13. The average molecular weight is 206 g/mol. The van der Waals surface area contributed by atoms with Gasteiger partial charge in [-0.3, -0.25) is 9.88 Å². The molecule has 3 heteroatoms. The summed E-state index contributed by atoms with van der Waals surface area (Å²) in [6, 6.07) is 3.87. The van der Waals surface area contributed by atoms with Crippen molar-refractivity contribution in [1.29, 1.82) is 0 Å². The van der Waals surface area contributed by atoms with E-state index in [1.54, 1.807) is 6.20 Å². The van der Waals surface area contributed by atoms with Crippen LogP contribution in [0.1, 0.15) is 17.7 Å². The molecule has 0 saturated carbocycles. The molecule has 0 spiro atoms. The summed E-state index contributed by atoms with van der Waals surface area (Å²) in [6.45, 7) is 3.27. The number of rotatable bonds is 1. The van der Waals surface area contributed by atoms with Crippen molar-refractivity contribution in [1.82, 2.24) is 9.88 Å². The second-order valence-electron chi connectivity index (χ2n) is 4.06. The Kier molecular flexibility index (Phi) is 2.82. The van der Waals surface area contributed by atoms with Gasteiger partial charge in [0, 0.05) is 18.4 Å². The van der Waals surface area contributed by atoms with E-state index in [9.17, 15) is 4.39 Å². The van der Waals surface area contributed by atoms with Gasteiger partial charge in [0.2, 0.25) is 0 Å². The Morgan fingerprint density at radius 3 is 2.80 bits per heavy atom. The quantitative estimate of drug-likeness (QED) is 0.701. The van der Waals surface area contributed by atoms with Crippen molar-refractivity contribution in [3.63, 3.8) is 0 Å². The van der Waals surface area contributed by atoms with Crippen LogP contribution < -0.4 is 0 Å². The van der Waals surface area contributed by atoms with Gasteiger partial charge in [-0.1, -0.05) is 6.07 Å². The van der Waals surface area contributed by atoms with E-state index < -0.39 is 0 Å². The van der Waals surface area contributed by atoms with E-state index in [1.807, 2.05) is 31.0 Å². The molecule has 1 aromatic heterocycles. The van der Waals surface area contributed by atoms with Gasteiger partial charge in [0.05, 0.1) is 6.54 Å². The molecule has 0 atom stereocenters. The van der Waals surface area contributed by atoms with Crippen LogP contribution in [0.15, 0.2) is 24.2 Å². The van der Waals surface area contributed by atoms with Crippen molar-refractivity contribution in [2.45, 2.75) is 13.3 Å². The highest BCUT2D eigenvalue weighted by Crippen LogP contribution is 2.27. The predicted molar refractivity (Wildman–Crippen MR) is 59.1 cm³/mol. The van der Waals surface area contributed by atoms with Gasteiger partial charge in [-0.05, 0) is 37.6 Å². The summed E-state index contributed by atoms with van der Waals surface area (Å²) < 4.78 is 13.7. The van der Waals surface area contributed by atoms with Crippen molar-refractivity contribution >= 4 is 5.57 Å². The molecule has 0 saturated heterocycles. The lowest BCUT2D eigenvalue weighted by atomic mass is 10.0. The average Bonchev–Trinajstić information content (AvgIpc) is 2.20. The first kappa shape index (κ1) is 10.3. The molecule has 1 aromatic rings. The summed E-state index contributed by atoms with van der Waals surface area (Å²) in [5.74, 6) is -0.0191. The normalized spacial score (nSPS) is 18.3. The summed E-state index contributed by atoms with van der Waals surface area (Å²) in [5, 5.41) is 0. The Labute approximate surface area is 89.4 Å². The van der Waals surface area contributed by atoms with Gasteiger partial charge in [-0.2, -0.15) is 0 Å². The second kappa shape index (κ2) is 4.11. The van der Waals surface area contributed by atoms with Crippen LogP contribution in [-0.2, 0) is 0 Å². The SMILES string of the molecule is Cc1ccc(C2=C(F)CN(C)CC2)cn1. The highest BCUT2D eigenvalue weighted by Gasteiger charge is 2.17. The van der Waals surface area contributed by atoms with Crippen LogP contribution in [0.5, 0.6) is 0 Å². The molecular formula is C12H15FN2. The standard InChI is InChI=1S/C12H15FN2/c1-9-3-4-10(7-14-9)11-5-6-15(2)8-12(11)13/h3-4,7H,5-6,8H2,1-2H3. The van der Waals surface area contributed by atoms with E-state index in [2.05, 4.69) is 4.98 Å². The van der Waals surface area contributed by atoms with Crippen LogP contribution in [0.3, 0.4) is 0 Å². The number of likely N-dealkylation sites (N-methyl/N-ethyl adjacent to an activating group) is 1. The van der Waals surface area contributed by atoms with E-state index >= 15 is 0 Å². The minimum atomic E-state index is -0.0191. The lowest BCUT2D eigenvalue weighted by Gasteiger charge is -2.23. The summed E-state index contributed by atoms with van der Waals surface area (Å²) >= 11 is 0. The Hall–Kier alpha value is -1.22. The number of pyridine rings is 1. The number of hydrogen-bond donors (Lipinski definition) is 0. The maximum absolute atomic E-state index is 13.7. The fraction of sp³-hybridized carbons (Fsp3) is 0.417. The third-order valence-corrected chi connectivity index (χ3v) is 2.74. The Balaban J connectivity index is 2.30. The fourth-order valence-corrected chi connectivity index (χ4v) is 1.80. The molecule has 0 aromatic carbocycles. The van der Waals surface area contributed by atoms with Gasteiger partial charge in [-0.15, -0.1) is 0 Å². The van der Waals surface area contributed by atoms with Crippen LogP contribution in [-0.4, -0.2) is 30.0 Å². The van der Waals surface area contributed by atoms with Crippen LogP contribution >= 0.6 is 0 Å². The van der Waals surface area contributed by atoms with Crippen molar-refractivity contribution < 1.29 is 4.39 Å². The number of nitrogens with zero attached hydrogens (tertiary/aromatic N) is 2. The largest absolute Gasteiger partial charge is 0.299 e. The summed E-state index contributed by atoms with van der Waals surface area (Å²) in [5.41, 5.74) is 2.71. The number of aromatic nitrogens is 1. The molecule has 0 bridgehead atoms. The summed E-state index contributed by atoms with van der Waals surface area (Å²) in [7, 11) is 1.93. The van der Waals surface area contributed by atoms with Crippen LogP contribution in [0.4, 0.5) is 4.39 Å². The molecule has 2 rings (SSSR count). The minimum Gasteiger partial charge on any atom is -0.299 e. The van der Waals surface area contributed by atoms with E-state index in [4.69, 9.17) is 0 Å². The van der Waals surface area contributed by atoms with Crippen molar-refractivity contribution in [3.05, 3.63) is 35.4 Å². The molecule has 15 heavy (non-hydrogen) atoms. The first-order valence-electron chi connectivity index (χ1n) is 5.16. The third-order valence-electron chi connectivity index (χ3n) is 2.74. The highest BCUT2D eigenvalue weighted by molar-refractivity contribution is 5.67. The second-order valence-corrected chi connectivity index (χ2v) is 4.06. The first-order chi connectivity index (χ1) is 7.16. The molecule has 2 heterocycles. The topological polar surface area (TPSA) is 16.1 Å². The lowest BCUT2D eigenvalue weighted by molar-refractivity contribution is 0.327. The van der Waals surface area contributed by atoms with Crippen LogP contribution in [0.25, 0.3) is 5.57 Å². The Bertz CT molecular complexity index is 381. The molecule has 0 amide bonds. The van der Waals surface area contributed by atoms with Gasteiger partial charge >= 0.3 is 0 Å². The molecule has 0 N–H and O–H groups in total. The minimum absolute atomic E-state index is 0.0191. The molecule has 0 unspecified atom stereocenters. The smallest absolute Gasteiger partial charge is 0.118 e. The predicted octanol–water partition coefficient (Wildman–Crippen LogP) is 2.41. The Morgan fingerprint density at radius 1 is 1.40 bits per heavy atom. The van der Waals surface area contributed by atoms with Crippen LogP contribution in [0, 0.1) is 6.92 Å². The zero-order valence-electron chi connectivity index (χ0n) is 9.13. The number of hydrogen-bond acceptors (Lipinski definition) is 2. The molecule has 2 nitrogen and oxygen atoms in total. The third kappa shape index (κ3) is 2.23. The monoisotopic (exact) mass is 206 g/mol. The fourth-order valence-electron chi connectivity index (χ4n) is 1.80. The molecule has 1 aliphatic heterocycles. The van der Waals surface area contributed by atoms with Crippen molar-refractivity contribution in [2.75, 3.05) is 20.1 Å². The zero-order chi connectivity index (χ0) is 10.8. The lowest BCUT2D eigenvalue weighted by Crippen LogP contribution is -2.26. The van der Waals surface area contributed by atoms with Crippen molar-refractivity contribution in [2.24, 2.45) is 0 Å². The summed E-state index contributed by atoms with van der Waals surface area (Å²) in [4.78, 5) is 6.18. The van der Waals surface area contributed by atoms with Gasteiger partial charge in [-0.25, -0.2) is 4.39 Å². The highest BCUT2D eigenvalue weighted by atomic mass is 19.1. The Morgan fingerprint density at radius 2 is 2.20 bits per heavy atom. The van der Waals surface area contributed by atoms with Crippen LogP contribution in [0.2, 0.25) is 0 Å². The molecular weight excluding hydrogens is 191 g/mol. The van der Waals surface area contributed by atoms with Gasteiger partial charge in [0.1, 0.15) is 5.83 Å². The van der Waals surface area contributed by atoms with E-state index in [0.717, 1.165) is 29.8 Å². The summed E-state index contributed by atoms with van der Waals surface area (Å²) in [6.07, 6.45) is 2.53. The van der Waals surface area contributed by atoms with E-state index in [1.165, 1.54) is 0 Å².